The SMILES string of the molecule is C[C@@H](C(=O)N1OCC[C@H]1c1ccc(F)nc1)C1CC1. The zero-order valence-electron chi connectivity index (χ0n) is 10.9. The lowest BCUT2D eigenvalue weighted by atomic mass is 10.0. The monoisotopic (exact) mass is 264 g/mol. The van der Waals surface area contributed by atoms with E-state index in [2.05, 4.69) is 4.98 Å². The van der Waals surface area contributed by atoms with E-state index in [1.807, 2.05) is 6.92 Å². The van der Waals surface area contributed by atoms with E-state index in [9.17, 15) is 9.18 Å². The van der Waals surface area contributed by atoms with Crippen molar-refractivity contribution in [3.63, 3.8) is 0 Å². The van der Waals surface area contributed by atoms with Crippen LogP contribution in [-0.2, 0) is 9.63 Å². The van der Waals surface area contributed by atoms with Crippen molar-refractivity contribution in [2.45, 2.75) is 32.2 Å². The minimum atomic E-state index is -0.508. The van der Waals surface area contributed by atoms with Crippen molar-refractivity contribution < 1.29 is 14.0 Å². The molecular formula is C14H17FN2O2. The molecule has 0 radical (unpaired) electrons. The summed E-state index contributed by atoms with van der Waals surface area (Å²) in [4.78, 5) is 21.5. The van der Waals surface area contributed by atoms with Crippen LogP contribution in [0.2, 0.25) is 0 Å². The molecule has 1 aliphatic carbocycles. The number of nitrogens with zero attached hydrogens (tertiary/aromatic N) is 2. The van der Waals surface area contributed by atoms with Gasteiger partial charge in [0.25, 0.3) is 0 Å². The first-order valence-corrected chi connectivity index (χ1v) is 6.74. The first-order valence-electron chi connectivity index (χ1n) is 6.74. The van der Waals surface area contributed by atoms with Crippen LogP contribution in [0.4, 0.5) is 4.39 Å². The number of hydroxylamine groups is 2. The molecule has 1 saturated carbocycles. The van der Waals surface area contributed by atoms with Gasteiger partial charge in [0.1, 0.15) is 0 Å². The maximum absolute atomic E-state index is 12.8. The van der Waals surface area contributed by atoms with E-state index in [4.69, 9.17) is 4.84 Å². The molecule has 1 saturated heterocycles. The summed E-state index contributed by atoms with van der Waals surface area (Å²) in [6.07, 6.45) is 4.47. The van der Waals surface area contributed by atoms with Crippen molar-refractivity contribution in [1.82, 2.24) is 10.0 Å². The van der Waals surface area contributed by atoms with Gasteiger partial charge < -0.3 is 0 Å². The number of rotatable bonds is 3. The lowest BCUT2D eigenvalue weighted by molar-refractivity contribution is -0.182. The zero-order valence-corrected chi connectivity index (χ0v) is 10.9. The highest BCUT2D eigenvalue weighted by atomic mass is 19.1. The maximum Gasteiger partial charge on any atom is 0.249 e. The molecule has 2 fully saturated rings. The lowest BCUT2D eigenvalue weighted by Gasteiger charge is -2.25. The highest BCUT2D eigenvalue weighted by Crippen LogP contribution is 2.40. The predicted molar refractivity (Wildman–Crippen MR) is 66.2 cm³/mol. The fourth-order valence-corrected chi connectivity index (χ4v) is 2.57. The van der Waals surface area contributed by atoms with E-state index in [1.54, 1.807) is 6.07 Å². The Labute approximate surface area is 111 Å². The Kier molecular flexibility index (Phi) is 3.22. The highest BCUT2D eigenvalue weighted by molar-refractivity contribution is 5.78. The number of hydrogen-bond acceptors (Lipinski definition) is 3. The number of pyridine rings is 1. The molecule has 1 amide bonds. The minimum Gasteiger partial charge on any atom is -0.272 e. The Morgan fingerprint density at radius 1 is 1.47 bits per heavy atom. The van der Waals surface area contributed by atoms with Gasteiger partial charge in [0, 0.05) is 18.5 Å². The molecule has 2 aliphatic rings. The van der Waals surface area contributed by atoms with Gasteiger partial charge in [0.15, 0.2) is 0 Å². The molecule has 5 heteroatoms. The molecule has 0 N–H and O–H groups in total. The molecule has 2 atom stereocenters. The van der Waals surface area contributed by atoms with Crippen LogP contribution in [0, 0.1) is 17.8 Å². The van der Waals surface area contributed by atoms with Crippen LogP contribution in [0.3, 0.4) is 0 Å². The van der Waals surface area contributed by atoms with Crippen LogP contribution in [0.15, 0.2) is 18.3 Å². The molecule has 0 spiro atoms. The normalized spacial score (nSPS) is 24.5. The van der Waals surface area contributed by atoms with Gasteiger partial charge in [-0.15, -0.1) is 0 Å². The van der Waals surface area contributed by atoms with Crippen molar-refractivity contribution in [3.05, 3.63) is 29.8 Å². The number of carbonyl (C=O) groups is 1. The molecule has 4 nitrogen and oxygen atoms in total. The first-order chi connectivity index (χ1) is 9.16. The summed E-state index contributed by atoms with van der Waals surface area (Å²) in [5.74, 6) is 0.0407. The van der Waals surface area contributed by atoms with Gasteiger partial charge in [-0.3, -0.25) is 9.63 Å². The van der Waals surface area contributed by atoms with Gasteiger partial charge in [-0.2, -0.15) is 4.39 Å². The summed E-state index contributed by atoms with van der Waals surface area (Å²) < 4.78 is 12.8. The number of hydrogen-bond donors (Lipinski definition) is 0. The van der Waals surface area contributed by atoms with Crippen molar-refractivity contribution >= 4 is 5.91 Å². The van der Waals surface area contributed by atoms with E-state index in [0.29, 0.717) is 12.5 Å². The molecule has 1 aromatic rings. The van der Waals surface area contributed by atoms with E-state index in [1.165, 1.54) is 17.3 Å². The van der Waals surface area contributed by atoms with Crippen molar-refractivity contribution in [1.29, 1.82) is 0 Å². The van der Waals surface area contributed by atoms with Crippen LogP contribution in [0.25, 0.3) is 0 Å². The van der Waals surface area contributed by atoms with Gasteiger partial charge in [0.05, 0.1) is 12.6 Å². The molecule has 1 aromatic heterocycles. The number of halogens is 1. The Balaban J connectivity index is 1.77. The quantitative estimate of drug-likeness (QED) is 0.788. The number of amides is 1. The number of aromatic nitrogens is 1. The van der Waals surface area contributed by atoms with Crippen molar-refractivity contribution in [2.75, 3.05) is 6.61 Å². The van der Waals surface area contributed by atoms with Crippen molar-refractivity contribution in [3.8, 4) is 0 Å². The zero-order chi connectivity index (χ0) is 13.4. The van der Waals surface area contributed by atoms with Crippen LogP contribution in [0.1, 0.15) is 37.8 Å². The third-order valence-electron chi connectivity index (χ3n) is 3.98. The smallest absolute Gasteiger partial charge is 0.249 e. The van der Waals surface area contributed by atoms with Gasteiger partial charge in [-0.1, -0.05) is 13.0 Å². The Morgan fingerprint density at radius 2 is 2.26 bits per heavy atom. The fraction of sp³-hybridized carbons (Fsp3) is 0.571. The Bertz CT molecular complexity index is 473. The topological polar surface area (TPSA) is 42.4 Å². The average Bonchev–Trinajstić information content (AvgIpc) is 3.16. The van der Waals surface area contributed by atoms with Crippen LogP contribution in [0.5, 0.6) is 0 Å². The molecule has 3 rings (SSSR count). The summed E-state index contributed by atoms with van der Waals surface area (Å²) >= 11 is 0. The third kappa shape index (κ3) is 2.47. The fourth-order valence-electron chi connectivity index (χ4n) is 2.57. The second kappa shape index (κ2) is 4.89. The number of carbonyl (C=O) groups excluding carboxylic acids is 1. The predicted octanol–water partition coefficient (Wildman–Crippen LogP) is 2.47. The Hall–Kier alpha value is -1.49. The van der Waals surface area contributed by atoms with Gasteiger partial charge in [-0.05, 0) is 30.4 Å². The molecule has 1 aliphatic heterocycles. The van der Waals surface area contributed by atoms with E-state index < -0.39 is 5.95 Å². The third-order valence-corrected chi connectivity index (χ3v) is 3.98. The molecule has 0 bridgehead atoms. The van der Waals surface area contributed by atoms with Crippen LogP contribution in [-0.4, -0.2) is 22.6 Å². The molecule has 0 unspecified atom stereocenters. The molecular weight excluding hydrogens is 247 g/mol. The van der Waals surface area contributed by atoms with Crippen molar-refractivity contribution in [2.24, 2.45) is 11.8 Å². The highest BCUT2D eigenvalue weighted by Gasteiger charge is 2.40. The van der Waals surface area contributed by atoms with E-state index in [-0.39, 0.29) is 17.9 Å². The summed E-state index contributed by atoms with van der Waals surface area (Å²) in [6, 6.07) is 2.85. The molecule has 19 heavy (non-hydrogen) atoms. The van der Waals surface area contributed by atoms with Gasteiger partial charge in [-0.25, -0.2) is 10.0 Å². The maximum atomic E-state index is 12.8. The standard InChI is InChI=1S/C14H17FN2O2/c1-9(10-2-3-10)14(18)17-12(6-7-19-17)11-4-5-13(15)16-8-11/h4-5,8-10,12H,2-3,6-7H2,1H3/t9-,12+/m1/s1. The van der Waals surface area contributed by atoms with Crippen LogP contribution < -0.4 is 0 Å². The van der Waals surface area contributed by atoms with E-state index >= 15 is 0 Å². The lowest BCUT2D eigenvalue weighted by Crippen LogP contribution is -2.34. The minimum absolute atomic E-state index is 0.00834. The second-order valence-electron chi connectivity index (χ2n) is 5.34. The van der Waals surface area contributed by atoms with Gasteiger partial charge in [0.2, 0.25) is 11.9 Å². The summed E-state index contributed by atoms with van der Waals surface area (Å²) in [7, 11) is 0. The van der Waals surface area contributed by atoms with E-state index in [0.717, 1.165) is 24.8 Å². The Morgan fingerprint density at radius 3 is 2.89 bits per heavy atom. The summed E-state index contributed by atoms with van der Waals surface area (Å²) in [5, 5.41) is 1.47. The molecule has 102 valence electrons. The summed E-state index contributed by atoms with van der Waals surface area (Å²) in [5.41, 5.74) is 0.829. The molecule has 0 aromatic carbocycles. The second-order valence-corrected chi connectivity index (χ2v) is 5.34. The average molecular weight is 264 g/mol. The summed E-state index contributed by atoms with van der Waals surface area (Å²) in [6.45, 7) is 2.48. The largest absolute Gasteiger partial charge is 0.272 e. The molecule has 2 heterocycles. The van der Waals surface area contributed by atoms with Gasteiger partial charge >= 0.3 is 0 Å². The first kappa shape index (κ1) is 12.5. The van der Waals surface area contributed by atoms with Crippen LogP contribution >= 0.6 is 0 Å².